The largest absolute Gasteiger partial charge is 0.455 e. The van der Waals surface area contributed by atoms with Gasteiger partial charge in [-0.05, 0) is 37.6 Å². The summed E-state index contributed by atoms with van der Waals surface area (Å²) < 4.78 is 5.62. The highest BCUT2D eigenvalue weighted by Crippen LogP contribution is 2.23. The van der Waals surface area contributed by atoms with Crippen molar-refractivity contribution in [1.82, 2.24) is 15.5 Å². The summed E-state index contributed by atoms with van der Waals surface area (Å²) in [7, 11) is 0. The van der Waals surface area contributed by atoms with Crippen molar-refractivity contribution in [3.63, 3.8) is 0 Å². The lowest BCUT2D eigenvalue weighted by Crippen LogP contribution is -2.31. The van der Waals surface area contributed by atoms with Gasteiger partial charge in [0.15, 0.2) is 5.76 Å². The summed E-state index contributed by atoms with van der Waals surface area (Å²) in [6, 6.07) is 17.5. The molecule has 0 saturated heterocycles. The summed E-state index contributed by atoms with van der Waals surface area (Å²) in [6.07, 6.45) is 0.882. The van der Waals surface area contributed by atoms with Crippen LogP contribution in [0.15, 0.2) is 64.0 Å². The molecule has 6 heteroatoms. The third-order valence-electron chi connectivity index (χ3n) is 3.95. The van der Waals surface area contributed by atoms with E-state index in [9.17, 15) is 4.79 Å². The van der Waals surface area contributed by atoms with Crippen molar-refractivity contribution >= 4 is 17.7 Å². The Morgan fingerprint density at radius 2 is 1.92 bits per heavy atom. The Hall–Kier alpha value is -2.60. The second-order valence-electron chi connectivity index (χ2n) is 5.96. The van der Waals surface area contributed by atoms with Crippen molar-refractivity contribution in [3.05, 3.63) is 66.1 Å². The van der Waals surface area contributed by atoms with Crippen molar-refractivity contribution < 1.29 is 9.21 Å². The molecule has 5 nitrogen and oxygen atoms in total. The summed E-state index contributed by atoms with van der Waals surface area (Å²) in [6.45, 7) is 3.99. The molecule has 134 valence electrons. The molecule has 0 aliphatic heterocycles. The van der Waals surface area contributed by atoms with Gasteiger partial charge in [-0.1, -0.05) is 49.0 Å². The van der Waals surface area contributed by atoms with E-state index in [1.54, 1.807) is 6.07 Å². The number of benzene rings is 1. The van der Waals surface area contributed by atoms with Crippen LogP contribution in [0.5, 0.6) is 0 Å². The third-order valence-corrected chi connectivity index (χ3v) is 4.89. The predicted octanol–water partition coefficient (Wildman–Crippen LogP) is 4.56. The number of nitrogens with one attached hydrogen (secondary N) is 1. The van der Waals surface area contributed by atoms with Crippen molar-refractivity contribution in [2.75, 3.05) is 0 Å². The van der Waals surface area contributed by atoms with Crippen LogP contribution in [0.3, 0.4) is 0 Å². The minimum Gasteiger partial charge on any atom is -0.455 e. The number of nitrogens with zero attached hydrogens (tertiary/aromatic N) is 2. The number of amides is 1. The van der Waals surface area contributed by atoms with Crippen molar-refractivity contribution in [1.29, 1.82) is 0 Å². The fourth-order valence-corrected chi connectivity index (χ4v) is 2.99. The molecule has 26 heavy (non-hydrogen) atoms. The van der Waals surface area contributed by atoms with Gasteiger partial charge in [-0.3, -0.25) is 4.79 Å². The van der Waals surface area contributed by atoms with E-state index >= 15 is 0 Å². The van der Waals surface area contributed by atoms with Gasteiger partial charge in [0.1, 0.15) is 10.8 Å². The van der Waals surface area contributed by atoms with Crippen molar-refractivity contribution in [3.8, 4) is 11.3 Å². The van der Waals surface area contributed by atoms with Crippen molar-refractivity contribution in [2.24, 2.45) is 0 Å². The average molecular weight is 367 g/mol. The summed E-state index contributed by atoms with van der Waals surface area (Å²) >= 11 is 1.52. The highest BCUT2D eigenvalue weighted by atomic mass is 32.2. The molecule has 0 spiro atoms. The van der Waals surface area contributed by atoms with Crippen LogP contribution in [0.1, 0.15) is 36.6 Å². The number of furan rings is 1. The second-order valence-corrected chi connectivity index (χ2v) is 6.96. The molecular weight excluding hydrogens is 346 g/mol. The first kappa shape index (κ1) is 18.2. The van der Waals surface area contributed by atoms with Crippen LogP contribution in [0.2, 0.25) is 0 Å². The Morgan fingerprint density at radius 3 is 2.62 bits per heavy atom. The number of rotatable bonds is 7. The molecule has 0 radical (unpaired) electrons. The Balaban J connectivity index is 1.57. The first-order valence-corrected chi connectivity index (χ1v) is 9.55. The standard InChI is InChI=1S/C20H21N3O2S/c1-3-14(2)21-20(24)18-11-9-16(25-18)13-26-19-12-10-17(22-23-19)15-7-5-4-6-8-15/h4-12,14H,3,13H2,1-2H3,(H,21,24). The minimum atomic E-state index is -0.178. The SMILES string of the molecule is CCC(C)NC(=O)c1ccc(CSc2ccc(-c3ccccc3)nn2)o1. The number of carbonyl (C=O) groups excluding carboxylic acids is 1. The van der Waals surface area contributed by atoms with Gasteiger partial charge in [-0.15, -0.1) is 10.2 Å². The zero-order valence-corrected chi connectivity index (χ0v) is 15.6. The lowest BCUT2D eigenvalue weighted by Gasteiger charge is -2.09. The zero-order chi connectivity index (χ0) is 18.4. The van der Waals surface area contributed by atoms with E-state index in [1.165, 1.54) is 11.8 Å². The number of thioether (sulfide) groups is 1. The monoisotopic (exact) mass is 367 g/mol. The molecule has 0 bridgehead atoms. The Kier molecular flexibility index (Phi) is 6.07. The molecule has 3 aromatic rings. The molecule has 3 rings (SSSR count). The quantitative estimate of drug-likeness (QED) is 0.620. The van der Waals surface area contributed by atoms with Crippen LogP contribution in [-0.4, -0.2) is 22.1 Å². The van der Waals surface area contributed by atoms with E-state index in [2.05, 4.69) is 15.5 Å². The molecule has 1 unspecified atom stereocenters. The van der Waals surface area contributed by atoms with Gasteiger partial charge in [0.25, 0.3) is 5.91 Å². The summed E-state index contributed by atoms with van der Waals surface area (Å²) in [4.78, 5) is 12.0. The van der Waals surface area contributed by atoms with E-state index < -0.39 is 0 Å². The fourth-order valence-electron chi connectivity index (χ4n) is 2.28. The Morgan fingerprint density at radius 1 is 1.12 bits per heavy atom. The van der Waals surface area contributed by atoms with E-state index in [0.29, 0.717) is 11.5 Å². The third kappa shape index (κ3) is 4.73. The summed E-state index contributed by atoms with van der Waals surface area (Å²) in [5.41, 5.74) is 1.89. The van der Waals surface area contributed by atoms with Gasteiger partial charge < -0.3 is 9.73 Å². The summed E-state index contributed by atoms with van der Waals surface area (Å²) in [5, 5.41) is 12.2. The molecule has 0 saturated carbocycles. The molecule has 1 amide bonds. The molecule has 1 aromatic carbocycles. The van der Waals surface area contributed by atoms with Crippen LogP contribution in [0, 0.1) is 0 Å². The van der Waals surface area contributed by atoms with Gasteiger partial charge in [0, 0.05) is 11.6 Å². The lowest BCUT2D eigenvalue weighted by molar-refractivity contribution is 0.0910. The fraction of sp³-hybridized carbons (Fsp3) is 0.250. The van der Waals surface area contributed by atoms with Crippen LogP contribution in [-0.2, 0) is 5.75 Å². The molecule has 0 aliphatic rings. The van der Waals surface area contributed by atoms with E-state index in [0.717, 1.165) is 28.5 Å². The second kappa shape index (κ2) is 8.67. The van der Waals surface area contributed by atoms with Crippen molar-refractivity contribution in [2.45, 2.75) is 37.1 Å². The van der Waals surface area contributed by atoms with Gasteiger partial charge in [-0.25, -0.2) is 0 Å². The van der Waals surface area contributed by atoms with Crippen LogP contribution in [0.4, 0.5) is 0 Å². The first-order chi connectivity index (χ1) is 12.7. The van der Waals surface area contributed by atoms with Gasteiger partial charge >= 0.3 is 0 Å². The zero-order valence-electron chi connectivity index (χ0n) is 14.8. The maximum atomic E-state index is 12.0. The molecule has 2 heterocycles. The number of hydrogen-bond acceptors (Lipinski definition) is 5. The highest BCUT2D eigenvalue weighted by Gasteiger charge is 2.13. The molecule has 0 aliphatic carbocycles. The molecule has 2 aromatic heterocycles. The maximum absolute atomic E-state index is 12.0. The molecule has 0 fully saturated rings. The predicted molar refractivity (Wildman–Crippen MR) is 103 cm³/mol. The number of aromatic nitrogens is 2. The first-order valence-electron chi connectivity index (χ1n) is 8.57. The summed E-state index contributed by atoms with van der Waals surface area (Å²) in [5.74, 6) is 1.49. The molecular formula is C20H21N3O2S. The minimum absolute atomic E-state index is 0.129. The molecule has 1 N–H and O–H groups in total. The number of carbonyl (C=O) groups is 1. The van der Waals surface area contributed by atoms with E-state index in [1.807, 2.05) is 62.4 Å². The topological polar surface area (TPSA) is 68.0 Å². The van der Waals surface area contributed by atoms with Gasteiger partial charge in [0.2, 0.25) is 0 Å². The van der Waals surface area contributed by atoms with Crippen LogP contribution >= 0.6 is 11.8 Å². The highest BCUT2D eigenvalue weighted by molar-refractivity contribution is 7.98. The van der Waals surface area contributed by atoms with Gasteiger partial charge in [0.05, 0.1) is 11.4 Å². The average Bonchev–Trinajstić information content (AvgIpc) is 3.16. The Labute approximate surface area is 157 Å². The van der Waals surface area contributed by atoms with Crippen LogP contribution in [0.25, 0.3) is 11.3 Å². The maximum Gasteiger partial charge on any atom is 0.287 e. The van der Waals surface area contributed by atoms with E-state index in [-0.39, 0.29) is 11.9 Å². The lowest BCUT2D eigenvalue weighted by atomic mass is 10.1. The number of hydrogen-bond donors (Lipinski definition) is 1. The van der Waals surface area contributed by atoms with E-state index in [4.69, 9.17) is 4.42 Å². The molecule has 1 atom stereocenters. The smallest absolute Gasteiger partial charge is 0.287 e. The van der Waals surface area contributed by atoms with Gasteiger partial charge in [-0.2, -0.15) is 0 Å². The normalized spacial score (nSPS) is 11.9. The van der Waals surface area contributed by atoms with Crippen LogP contribution < -0.4 is 5.32 Å². The Bertz CT molecular complexity index is 847.